The van der Waals surface area contributed by atoms with Gasteiger partial charge in [0.25, 0.3) is 0 Å². The zero-order valence-corrected chi connectivity index (χ0v) is 18.4. The van der Waals surface area contributed by atoms with Crippen LogP contribution < -0.4 is 14.8 Å². The van der Waals surface area contributed by atoms with Gasteiger partial charge in [-0.05, 0) is 72.2 Å². The number of carboxylic acids is 1. The first-order valence-electron chi connectivity index (χ1n) is 10.6. The molecule has 1 aliphatic rings. The highest BCUT2D eigenvalue weighted by Crippen LogP contribution is 2.33. The van der Waals surface area contributed by atoms with E-state index in [0.29, 0.717) is 24.5 Å². The molecule has 0 amide bonds. The van der Waals surface area contributed by atoms with Crippen LogP contribution >= 0.6 is 0 Å². The molecule has 166 valence electrons. The van der Waals surface area contributed by atoms with Crippen LogP contribution in [0.1, 0.15) is 52.3 Å². The molecule has 1 heterocycles. The average Bonchev–Trinajstić information content (AvgIpc) is 2.75. The van der Waals surface area contributed by atoms with Gasteiger partial charge < -0.3 is 25.0 Å². The van der Waals surface area contributed by atoms with Crippen molar-refractivity contribution >= 4 is 12.0 Å². The van der Waals surface area contributed by atoms with Gasteiger partial charge in [0.2, 0.25) is 0 Å². The number of hydrogen-bond acceptors (Lipinski definition) is 5. The summed E-state index contributed by atoms with van der Waals surface area (Å²) in [4.78, 5) is 10.7. The highest BCUT2D eigenvalue weighted by Gasteiger charge is 2.19. The summed E-state index contributed by atoms with van der Waals surface area (Å²) >= 11 is 0. The molecule has 1 aliphatic heterocycles. The number of aliphatic carboxylic acids is 1. The van der Waals surface area contributed by atoms with E-state index in [4.69, 9.17) is 14.6 Å². The van der Waals surface area contributed by atoms with Crippen LogP contribution in [-0.4, -0.2) is 36.4 Å². The summed E-state index contributed by atoms with van der Waals surface area (Å²) in [5.41, 5.74) is 6.67. The van der Waals surface area contributed by atoms with Crippen molar-refractivity contribution in [2.24, 2.45) is 0 Å². The van der Waals surface area contributed by atoms with Crippen molar-refractivity contribution in [3.63, 3.8) is 0 Å². The van der Waals surface area contributed by atoms with Crippen molar-refractivity contribution in [1.82, 2.24) is 5.32 Å². The lowest BCUT2D eigenvalue weighted by molar-refractivity contribution is -0.137. The molecule has 1 unspecified atom stereocenters. The number of aliphatic hydroxyl groups is 1. The minimum absolute atomic E-state index is 0.0374. The van der Waals surface area contributed by atoms with Crippen LogP contribution in [0.25, 0.3) is 6.08 Å². The zero-order valence-electron chi connectivity index (χ0n) is 18.4. The van der Waals surface area contributed by atoms with E-state index in [2.05, 4.69) is 29.6 Å². The van der Waals surface area contributed by atoms with Gasteiger partial charge in [-0.2, -0.15) is 0 Å². The van der Waals surface area contributed by atoms with Crippen LogP contribution in [0.15, 0.2) is 30.3 Å². The van der Waals surface area contributed by atoms with E-state index in [0.717, 1.165) is 35.2 Å². The number of hydrogen-bond donors (Lipinski definition) is 3. The van der Waals surface area contributed by atoms with Crippen LogP contribution in [0.2, 0.25) is 0 Å². The second kappa shape index (κ2) is 10.5. The van der Waals surface area contributed by atoms with E-state index >= 15 is 0 Å². The number of nitrogens with one attached hydrogen (secondary N) is 1. The number of carbonyl (C=O) groups is 1. The summed E-state index contributed by atoms with van der Waals surface area (Å²) in [6.07, 6.45) is 5.69. The van der Waals surface area contributed by atoms with E-state index < -0.39 is 5.97 Å². The number of rotatable bonds is 9. The molecule has 6 heteroatoms. The number of benzene rings is 2. The zero-order chi connectivity index (χ0) is 22.4. The molecule has 0 spiro atoms. The van der Waals surface area contributed by atoms with Crippen molar-refractivity contribution in [3.8, 4) is 11.5 Å². The van der Waals surface area contributed by atoms with E-state index in [9.17, 15) is 9.90 Å². The molecule has 0 aromatic heterocycles. The van der Waals surface area contributed by atoms with Crippen molar-refractivity contribution in [1.29, 1.82) is 0 Å². The fourth-order valence-corrected chi connectivity index (χ4v) is 3.89. The second-order valence-corrected chi connectivity index (χ2v) is 7.88. The maximum atomic E-state index is 10.7. The molecule has 0 saturated heterocycles. The Kier molecular flexibility index (Phi) is 7.71. The largest absolute Gasteiger partial charge is 0.493 e. The SMILES string of the molecule is COc1cc(C)c(/C=C/C2NCCc3cc(C)c(CO)cc32)cc1OCCCC(=O)O. The number of fused-ring (bicyclic) bond motifs is 1. The lowest BCUT2D eigenvalue weighted by Gasteiger charge is -2.26. The van der Waals surface area contributed by atoms with Gasteiger partial charge in [-0.25, -0.2) is 0 Å². The van der Waals surface area contributed by atoms with Crippen molar-refractivity contribution in [3.05, 3.63) is 63.7 Å². The molecule has 3 N–H and O–H groups in total. The molecule has 6 nitrogen and oxygen atoms in total. The number of methoxy groups -OCH3 is 1. The Morgan fingerprint density at radius 2 is 2.00 bits per heavy atom. The Balaban J connectivity index is 1.82. The molecule has 2 aromatic carbocycles. The highest BCUT2D eigenvalue weighted by atomic mass is 16.5. The van der Waals surface area contributed by atoms with Crippen LogP contribution in [-0.2, 0) is 17.8 Å². The summed E-state index contributed by atoms with van der Waals surface area (Å²) in [6, 6.07) is 8.22. The third kappa shape index (κ3) is 5.66. The first-order valence-corrected chi connectivity index (χ1v) is 10.6. The highest BCUT2D eigenvalue weighted by molar-refractivity contribution is 5.66. The molecular weight excluding hydrogens is 394 g/mol. The first-order chi connectivity index (χ1) is 14.9. The van der Waals surface area contributed by atoms with E-state index in [-0.39, 0.29) is 19.1 Å². The quantitative estimate of drug-likeness (QED) is 0.528. The molecule has 0 saturated carbocycles. The molecule has 3 rings (SSSR count). The minimum atomic E-state index is -0.831. The van der Waals surface area contributed by atoms with Crippen LogP contribution in [0.3, 0.4) is 0 Å². The normalized spacial score (nSPS) is 15.7. The number of ether oxygens (including phenoxy) is 2. The molecule has 0 bridgehead atoms. The number of aryl methyl sites for hydroxylation is 2. The standard InChI is InChI=1S/C25H31NO5/c1-16-11-19-8-9-26-22(21(19)13-20(16)15-27)7-6-18-14-24(23(30-3)12-17(18)2)31-10-4-5-25(28)29/h6-7,11-14,22,26-27H,4-5,8-10,15H2,1-3H3,(H,28,29)/b7-6+. The van der Waals surface area contributed by atoms with E-state index in [1.807, 2.05) is 26.0 Å². The molecule has 1 atom stereocenters. The monoisotopic (exact) mass is 425 g/mol. The third-order valence-corrected chi connectivity index (χ3v) is 5.67. The minimum Gasteiger partial charge on any atom is -0.493 e. The lowest BCUT2D eigenvalue weighted by Crippen LogP contribution is -2.28. The van der Waals surface area contributed by atoms with Gasteiger partial charge in [-0.1, -0.05) is 24.3 Å². The Morgan fingerprint density at radius 1 is 1.19 bits per heavy atom. The summed E-state index contributed by atoms with van der Waals surface area (Å²) in [5.74, 6) is 0.408. The van der Waals surface area contributed by atoms with E-state index in [1.165, 1.54) is 11.1 Å². The summed E-state index contributed by atoms with van der Waals surface area (Å²) in [7, 11) is 1.60. The molecular formula is C25H31NO5. The fourth-order valence-electron chi connectivity index (χ4n) is 3.89. The molecule has 0 radical (unpaired) electrons. The van der Waals surface area contributed by atoms with Gasteiger partial charge in [0.05, 0.1) is 26.4 Å². The average molecular weight is 426 g/mol. The molecule has 31 heavy (non-hydrogen) atoms. The number of aliphatic hydroxyl groups excluding tert-OH is 1. The Bertz CT molecular complexity index is 967. The van der Waals surface area contributed by atoms with Crippen molar-refractivity contribution in [2.75, 3.05) is 20.3 Å². The Morgan fingerprint density at radius 3 is 2.71 bits per heavy atom. The summed E-state index contributed by atoms with van der Waals surface area (Å²) < 4.78 is 11.2. The van der Waals surface area contributed by atoms with Crippen LogP contribution in [0.5, 0.6) is 11.5 Å². The van der Waals surface area contributed by atoms with E-state index in [1.54, 1.807) is 7.11 Å². The van der Waals surface area contributed by atoms with Crippen molar-refractivity contribution < 1.29 is 24.5 Å². The Labute approximate surface area is 183 Å². The smallest absolute Gasteiger partial charge is 0.303 e. The van der Waals surface area contributed by atoms with Gasteiger partial charge >= 0.3 is 5.97 Å². The van der Waals surface area contributed by atoms with Gasteiger partial charge in [-0.3, -0.25) is 4.79 Å². The predicted molar refractivity (Wildman–Crippen MR) is 121 cm³/mol. The lowest BCUT2D eigenvalue weighted by atomic mass is 9.89. The van der Waals surface area contributed by atoms with Gasteiger partial charge in [-0.15, -0.1) is 0 Å². The Hall–Kier alpha value is -2.83. The first kappa shape index (κ1) is 22.8. The maximum absolute atomic E-state index is 10.7. The van der Waals surface area contributed by atoms with Gasteiger partial charge in [0.1, 0.15) is 0 Å². The fraction of sp³-hybridized carbons (Fsp3) is 0.400. The predicted octanol–water partition coefficient (Wildman–Crippen LogP) is 3.95. The summed E-state index contributed by atoms with van der Waals surface area (Å²) in [6.45, 7) is 5.31. The van der Waals surface area contributed by atoms with Crippen LogP contribution in [0.4, 0.5) is 0 Å². The van der Waals surface area contributed by atoms with Crippen molar-refractivity contribution in [2.45, 2.75) is 45.8 Å². The number of carboxylic acid groups (broad SMARTS) is 1. The van der Waals surface area contributed by atoms with Gasteiger partial charge in [0, 0.05) is 13.0 Å². The summed E-state index contributed by atoms with van der Waals surface area (Å²) in [5, 5.41) is 22.0. The molecule has 0 fully saturated rings. The van der Waals surface area contributed by atoms with Crippen LogP contribution in [0, 0.1) is 13.8 Å². The molecule has 2 aromatic rings. The second-order valence-electron chi connectivity index (χ2n) is 7.88. The van der Waals surface area contributed by atoms with Gasteiger partial charge in [0.15, 0.2) is 11.5 Å². The molecule has 0 aliphatic carbocycles. The maximum Gasteiger partial charge on any atom is 0.303 e. The third-order valence-electron chi connectivity index (χ3n) is 5.67. The topological polar surface area (TPSA) is 88.0 Å².